The summed E-state index contributed by atoms with van der Waals surface area (Å²) >= 11 is 0. The van der Waals surface area contributed by atoms with Crippen LogP contribution in [0.4, 0.5) is 8.78 Å². The number of ether oxygens (including phenoxy) is 2. The van der Waals surface area contributed by atoms with E-state index in [1.54, 1.807) is 24.3 Å². The van der Waals surface area contributed by atoms with Gasteiger partial charge in [0.1, 0.15) is 11.6 Å². The Labute approximate surface area is 230 Å². The molecule has 39 heavy (non-hydrogen) atoms. The summed E-state index contributed by atoms with van der Waals surface area (Å²) in [7, 11) is 0. The van der Waals surface area contributed by atoms with Crippen molar-refractivity contribution in [2.45, 2.75) is 32.1 Å². The van der Waals surface area contributed by atoms with Crippen molar-refractivity contribution in [1.29, 1.82) is 0 Å². The van der Waals surface area contributed by atoms with Crippen LogP contribution in [0.3, 0.4) is 0 Å². The van der Waals surface area contributed by atoms with E-state index >= 15 is 0 Å². The Kier molecular flexibility index (Phi) is 11.6. The minimum absolute atomic E-state index is 0.0539. The van der Waals surface area contributed by atoms with E-state index in [-0.39, 0.29) is 35.0 Å². The van der Waals surface area contributed by atoms with Crippen molar-refractivity contribution in [2.75, 3.05) is 65.7 Å². The molecule has 2 aromatic rings. The van der Waals surface area contributed by atoms with E-state index in [9.17, 15) is 18.4 Å². The molecule has 0 bridgehead atoms. The molecular formula is C31H40F2N2O4. The molecule has 2 atom stereocenters. The SMILES string of the molecule is O=C(c1ccc(F)cc1)[C@H](CCCCC[C@@H](CN1CCOCC1)C(=O)c1ccc(F)cc1)CN1CCOCC1. The predicted octanol–water partition coefficient (Wildman–Crippen LogP) is 4.88. The van der Waals surface area contributed by atoms with Crippen LogP contribution in [0.15, 0.2) is 48.5 Å². The van der Waals surface area contributed by atoms with E-state index in [1.807, 2.05) is 0 Å². The normalized spacial score (nSPS) is 18.5. The Bertz CT molecular complexity index is 952. The molecule has 6 nitrogen and oxygen atoms in total. The summed E-state index contributed by atoms with van der Waals surface area (Å²) in [6, 6.07) is 11.6. The molecule has 2 aliphatic rings. The Morgan fingerprint density at radius 2 is 0.974 bits per heavy atom. The van der Waals surface area contributed by atoms with Crippen LogP contribution >= 0.6 is 0 Å². The van der Waals surface area contributed by atoms with E-state index < -0.39 is 0 Å². The number of unbranched alkanes of at least 4 members (excludes halogenated alkanes) is 2. The molecule has 2 heterocycles. The van der Waals surface area contributed by atoms with Gasteiger partial charge in [-0.1, -0.05) is 19.3 Å². The summed E-state index contributed by atoms with van der Waals surface area (Å²) in [5.74, 6) is -0.926. The summed E-state index contributed by atoms with van der Waals surface area (Å²) in [5, 5.41) is 0. The second-order valence-electron chi connectivity index (χ2n) is 10.6. The van der Waals surface area contributed by atoms with Crippen molar-refractivity contribution < 1.29 is 27.8 Å². The topological polar surface area (TPSA) is 59.1 Å². The average Bonchev–Trinajstić information content (AvgIpc) is 2.97. The molecule has 0 unspecified atom stereocenters. The van der Waals surface area contributed by atoms with Crippen LogP contribution in [-0.2, 0) is 9.47 Å². The van der Waals surface area contributed by atoms with Gasteiger partial charge < -0.3 is 9.47 Å². The second kappa shape index (κ2) is 15.3. The van der Waals surface area contributed by atoms with Gasteiger partial charge in [0.15, 0.2) is 11.6 Å². The fraction of sp³-hybridized carbons (Fsp3) is 0.548. The summed E-state index contributed by atoms with van der Waals surface area (Å²) in [4.78, 5) is 31.2. The molecule has 2 aliphatic heterocycles. The standard InChI is InChI=1S/C31H40F2N2O4/c32-28-10-6-24(7-11-28)30(36)26(22-34-14-18-38-19-15-34)4-2-1-3-5-27(23-35-16-20-39-21-17-35)31(37)25-8-12-29(33)13-9-25/h6-13,26-27H,1-5,14-23H2/t26-,27+. The summed E-state index contributed by atoms with van der Waals surface area (Å²) in [5.41, 5.74) is 1.09. The first-order valence-electron chi connectivity index (χ1n) is 14.2. The molecule has 0 amide bonds. The average molecular weight is 543 g/mol. The van der Waals surface area contributed by atoms with Crippen molar-refractivity contribution in [3.63, 3.8) is 0 Å². The highest BCUT2D eigenvalue weighted by Gasteiger charge is 2.26. The molecule has 2 fully saturated rings. The van der Waals surface area contributed by atoms with E-state index in [4.69, 9.17) is 9.47 Å². The summed E-state index contributed by atoms with van der Waals surface area (Å²) < 4.78 is 37.8. The lowest BCUT2D eigenvalue weighted by atomic mass is 9.89. The van der Waals surface area contributed by atoms with Crippen molar-refractivity contribution >= 4 is 11.6 Å². The Hall–Kier alpha value is -2.52. The number of nitrogens with zero attached hydrogens (tertiary/aromatic N) is 2. The second-order valence-corrected chi connectivity index (χ2v) is 10.6. The van der Waals surface area contributed by atoms with Gasteiger partial charge in [-0.2, -0.15) is 0 Å². The van der Waals surface area contributed by atoms with E-state index in [0.29, 0.717) is 50.6 Å². The lowest BCUT2D eigenvalue weighted by Crippen LogP contribution is -2.41. The van der Waals surface area contributed by atoms with Crippen LogP contribution in [0.1, 0.15) is 52.8 Å². The summed E-state index contributed by atoms with van der Waals surface area (Å²) in [6.45, 7) is 7.25. The highest BCUT2D eigenvalue weighted by Crippen LogP contribution is 2.22. The number of hydrogen-bond donors (Lipinski definition) is 0. The molecule has 0 radical (unpaired) electrons. The van der Waals surface area contributed by atoms with Gasteiger partial charge in [-0.15, -0.1) is 0 Å². The van der Waals surface area contributed by atoms with E-state index in [0.717, 1.165) is 58.3 Å². The van der Waals surface area contributed by atoms with Crippen LogP contribution < -0.4 is 0 Å². The van der Waals surface area contributed by atoms with Crippen molar-refractivity contribution in [1.82, 2.24) is 9.80 Å². The zero-order chi connectivity index (χ0) is 27.5. The van der Waals surface area contributed by atoms with Crippen LogP contribution in [0.5, 0.6) is 0 Å². The van der Waals surface area contributed by atoms with E-state index in [2.05, 4.69) is 9.80 Å². The number of Topliss-reactive ketones (excluding diaryl/α,β-unsaturated/α-hetero) is 2. The van der Waals surface area contributed by atoms with E-state index in [1.165, 1.54) is 24.3 Å². The van der Waals surface area contributed by atoms with Gasteiger partial charge in [-0.3, -0.25) is 19.4 Å². The predicted molar refractivity (Wildman–Crippen MR) is 146 cm³/mol. The number of halogens is 2. The highest BCUT2D eigenvalue weighted by atomic mass is 19.1. The molecule has 0 aliphatic carbocycles. The number of carbonyl (C=O) groups excluding carboxylic acids is 2. The number of carbonyl (C=O) groups is 2. The third kappa shape index (κ3) is 9.28. The molecule has 2 saturated heterocycles. The Morgan fingerprint density at radius 3 is 1.33 bits per heavy atom. The fourth-order valence-electron chi connectivity index (χ4n) is 5.46. The highest BCUT2D eigenvalue weighted by molar-refractivity contribution is 5.98. The van der Waals surface area contributed by atoms with Crippen LogP contribution in [0, 0.1) is 23.5 Å². The van der Waals surface area contributed by atoms with Crippen LogP contribution in [0.25, 0.3) is 0 Å². The first-order valence-corrected chi connectivity index (χ1v) is 14.2. The number of hydrogen-bond acceptors (Lipinski definition) is 6. The number of rotatable bonds is 14. The van der Waals surface area contributed by atoms with Crippen molar-refractivity contribution in [2.24, 2.45) is 11.8 Å². The molecule has 0 spiro atoms. The number of benzene rings is 2. The third-order valence-electron chi connectivity index (χ3n) is 7.77. The van der Waals surface area contributed by atoms with Crippen molar-refractivity contribution in [3.8, 4) is 0 Å². The van der Waals surface area contributed by atoms with Gasteiger partial charge in [0.25, 0.3) is 0 Å². The molecule has 212 valence electrons. The first kappa shape index (κ1) is 29.5. The van der Waals surface area contributed by atoms with Gasteiger partial charge in [0.05, 0.1) is 26.4 Å². The van der Waals surface area contributed by atoms with Crippen LogP contribution in [0.2, 0.25) is 0 Å². The number of ketones is 2. The zero-order valence-corrected chi connectivity index (χ0v) is 22.7. The van der Waals surface area contributed by atoms with Gasteiger partial charge in [0.2, 0.25) is 0 Å². The van der Waals surface area contributed by atoms with Crippen LogP contribution in [-0.4, -0.2) is 87.1 Å². The molecular weight excluding hydrogens is 502 g/mol. The fourth-order valence-corrected chi connectivity index (χ4v) is 5.46. The molecule has 0 aromatic heterocycles. The molecule has 0 N–H and O–H groups in total. The molecule has 2 aromatic carbocycles. The lowest BCUT2D eigenvalue weighted by Gasteiger charge is -2.30. The van der Waals surface area contributed by atoms with Gasteiger partial charge in [0, 0.05) is 62.2 Å². The summed E-state index contributed by atoms with van der Waals surface area (Å²) in [6.07, 6.45) is 4.14. The minimum Gasteiger partial charge on any atom is -0.379 e. The van der Waals surface area contributed by atoms with Gasteiger partial charge in [-0.05, 0) is 61.4 Å². The maximum absolute atomic E-state index is 13.4. The van der Waals surface area contributed by atoms with Gasteiger partial charge >= 0.3 is 0 Å². The largest absolute Gasteiger partial charge is 0.379 e. The first-order chi connectivity index (χ1) is 19.0. The Morgan fingerprint density at radius 1 is 0.615 bits per heavy atom. The lowest BCUT2D eigenvalue weighted by molar-refractivity contribution is 0.0288. The molecule has 0 saturated carbocycles. The minimum atomic E-state index is -0.349. The van der Waals surface area contributed by atoms with Crippen molar-refractivity contribution in [3.05, 3.63) is 71.3 Å². The third-order valence-corrected chi connectivity index (χ3v) is 7.77. The monoisotopic (exact) mass is 542 g/mol. The smallest absolute Gasteiger partial charge is 0.167 e. The quantitative estimate of drug-likeness (QED) is 0.251. The molecule has 4 rings (SSSR count). The maximum atomic E-state index is 13.4. The zero-order valence-electron chi connectivity index (χ0n) is 22.7. The maximum Gasteiger partial charge on any atom is 0.167 e. The molecule has 8 heteroatoms. The Balaban J connectivity index is 1.32. The number of morpholine rings is 2. The van der Waals surface area contributed by atoms with Gasteiger partial charge in [-0.25, -0.2) is 8.78 Å².